The third kappa shape index (κ3) is 2.88. The number of methoxy groups -OCH3 is 1. The average Bonchev–Trinajstić information content (AvgIpc) is 2.40. The lowest BCUT2D eigenvalue weighted by atomic mass is 10.2. The van der Waals surface area contributed by atoms with Gasteiger partial charge in [-0.25, -0.2) is 9.37 Å². The van der Waals surface area contributed by atoms with Gasteiger partial charge in [-0.2, -0.15) is 0 Å². The van der Waals surface area contributed by atoms with Crippen LogP contribution in [0.4, 0.5) is 15.8 Å². The SMILES string of the molecule is COc1ccc(CNc2cc(F)ccc2N)cn1. The molecule has 0 radical (unpaired) electrons. The molecular formula is C13H14FN3O. The molecule has 0 atom stereocenters. The highest BCUT2D eigenvalue weighted by Crippen LogP contribution is 2.20. The number of nitrogens with two attached hydrogens (primary N) is 1. The lowest BCUT2D eigenvalue weighted by Crippen LogP contribution is -2.03. The molecule has 3 N–H and O–H groups in total. The first kappa shape index (κ1) is 12.2. The van der Waals surface area contributed by atoms with Gasteiger partial charge in [-0.3, -0.25) is 0 Å². The molecule has 0 fully saturated rings. The van der Waals surface area contributed by atoms with E-state index >= 15 is 0 Å². The van der Waals surface area contributed by atoms with Crippen molar-refractivity contribution in [3.05, 3.63) is 47.9 Å². The Hall–Kier alpha value is -2.30. The van der Waals surface area contributed by atoms with Gasteiger partial charge in [-0.1, -0.05) is 6.07 Å². The van der Waals surface area contributed by atoms with E-state index in [4.69, 9.17) is 10.5 Å². The van der Waals surface area contributed by atoms with E-state index in [-0.39, 0.29) is 5.82 Å². The number of nitrogens with zero attached hydrogens (tertiary/aromatic N) is 1. The lowest BCUT2D eigenvalue weighted by Gasteiger charge is -2.09. The number of nitrogens with one attached hydrogen (secondary N) is 1. The third-order valence-corrected chi connectivity index (χ3v) is 2.51. The van der Waals surface area contributed by atoms with Gasteiger partial charge in [-0.05, 0) is 23.8 Å². The van der Waals surface area contributed by atoms with Crippen molar-refractivity contribution in [1.82, 2.24) is 4.98 Å². The highest BCUT2D eigenvalue weighted by Gasteiger charge is 2.01. The Labute approximate surface area is 105 Å². The molecule has 0 bridgehead atoms. The number of hydrogen-bond acceptors (Lipinski definition) is 4. The molecule has 18 heavy (non-hydrogen) atoms. The Morgan fingerprint density at radius 1 is 1.33 bits per heavy atom. The topological polar surface area (TPSA) is 60.2 Å². The summed E-state index contributed by atoms with van der Waals surface area (Å²) in [5, 5.41) is 3.06. The van der Waals surface area contributed by atoms with Crippen LogP contribution >= 0.6 is 0 Å². The molecule has 0 saturated carbocycles. The molecule has 0 amide bonds. The highest BCUT2D eigenvalue weighted by molar-refractivity contribution is 5.65. The molecule has 0 unspecified atom stereocenters. The van der Waals surface area contributed by atoms with E-state index in [1.807, 2.05) is 6.07 Å². The van der Waals surface area contributed by atoms with Gasteiger partial charge >= 0.3 is 0 Å². The quantitative estimate of drug-likeness (QED) is 0.814. The average molecular weight is 247 g/mol. The second-order valence-corrected chi connectivity index (χ2v) is 3.79. The van der Waals surface area contributed by atoms with Crippen LogP contribution in [-0.2, 0) is 6.54 Å². The minimum absolute atomic E-state index is 0.320. The second kappa shape index (κ2) is 5.35. The number of aromatic nitrogens is 1. The summed E-state index contributed by atoms with van der Waals surface area (Å²) in [4.78, 5) is 4.08. The van der Waals surface area contributed by atoms with E-state index in [0.29, 0.717) is 23.8 Å². The van der Waals surface area contributed by atoms with Crippen molar-refractivity contribution in [3.8, 4) is 5.88 Å². The van der Waals surface area contributed by atoms with Gasteiger partial charge in [0.1, 0.15) is 5.82 Å². The number of hydrogen-bond donors (Lipinski definition) is 2. The molecule has 0 aliphatic heterocycles. The van der Waals surface area contributed by atoms with E-state index in [1.54, 1.807) is 19.4 Å². The summed E-state index contributed by atoms with van der Waals surface area (Å²) in [6.07, 6.45) is 1.70. The van der Waals surface area contributed by atoms with Crippen LogP contribution in [0, 0.1) is 5.82 Å². The van der Waals surface area contributed by atoms with Gasteiger partial charge in [0.15, 0.2) is 0 Å². The van der Waals surface area contributed by atoms with Crippen molar-refractivity contribution in [3.63, 3.8) is 0 Å². The van der Waals surface area contributed by atoms with Gasteiger partial charge in [0.05, 0.1) is 18.5 Å². The summed E-state index contributed by atoms with van der Waals surface area (Å²) in [5.41, 5.74) is 7.78. The molecular weight excluding hydrogens is 233 g/mol. The first-order valence-electron chi connectivity index (χ1n) is 5.47. The largest absolute Gasteiger partial charge is 0.481 e. The van der Waals surface area contributed by atoms with Crippen LogP contribution in [0.25, 0.3) is 0 Å². The zero-order valence-corrected chi connectivity index (χ0v) is 9.98. The number of nitrogen functional groups attached to an aromatic ring is 1. The van der Waals surface area contributed by atoms with E-state index in [1.165, 1.54) is 18.2 Å². The number of pyridine rings is 1. The van der Waals surface area contributed by atoms with Crippen molar-refractivity contribution in [2.24, 2.45) is 0 Å². The maximum atomic E-state index is 13.0. The molecule has 1 aromatic carbocycles. The Morgan fingerprint density at radius 2 is 2.17 bits per heavy atom. The van der Waals surface area contributed by atoms with Gasteiger partial charge < -0.3 is 15.8 Å². The van der Waals surface area contributed by atoms with Crippen molar-refractivity contribution in [1.29, 1.82) is 0 Å². The van der Waals surface area contributed by atoms with Crippen LogP contribution in [0.15, 0.2) is 36.5 Å². The fourth-order valence-corrected chi connectivity index (χ4v) is 1.52. The van der Waals surface area contributed by atoms with E-state index in [9.17, 15) is 4.39 Å². The zero-order chi connectivity index (χ0) is 13.0. The summed E-state index contributed by atoms with van der Waals surface area (Å²) in [6.45, 7) is 0.518. The van der Waals surface area contributed by atoms with Gasteiger partial charge in [-0.15, -0.1) is 0 Å². The van der Waals surface area contributed by atoms with Crippen LogP contribution in [-0.4, -0.2) is 12.1 Å². The highest BCUT2D eigenvalue weighted by atomic mass is 19.1. The van der Waals surface area contributed by atoms with Gasteiger partial charge in [0.2, 0.25) is 5.88 Å². The first-order chi connectivity index (χ1) is 8.69. The number of benzene rings is 1. The van der Waals surface area contributed by atoms with Crippen LogP contribution in [0.1, 0.15) is 5.56 Å². The summed E-state index contributed by atoms with van der Waals surface area (Å²) in [6, 6.07) is 7.88. The van der Waals surface area contributed by atoms with Crippen molar-refractivity contribution in [2.75, 3.05) is 18.2 Å². The predicted molar refractivity (Wildman–Crippen MR) is 68.9 cm³/mol. The smallest absolute Gasteiger partial charge is 0.212 e. The van der Waals surface area contributed by atoms with Crippen LogP contribution in [0.3, 0.4) is 0 Å². The molecule has 4 nitrogen and oxygen atoms in total. The Bertz CT molecular complexity index is 528. The molecule has 94 valence electrons. The van der Waals surface area contributed by atoms with Crippen molar-refractivity contribution < 1.29 is 9.13 Å². The molecule has 5 heteroatoms. The van der Waals surface area contributed by atoms with Gasteiger partial charge in [0, 0.05) is 18.8 Å². The van der Waals surface area contributed by atoms with Gasteiger partial charge in [0.25, 0.3) is 0 Å². The summed E-state index contributed by atoms with van der Waals surface area (Å²) in [7, 11) is 1.56. The normalized spacial score (nSPS) is 10.1. The maximum Gasteiger partial charge on any atom is 0.212 e. The molecule has 1 heterocycles. The van der Waals surface area contributed by atoms with Crippen LogP contribution in [0.5, 0.6) is 5.88 Å². The lowest BCUT2D eigenvalue weighted by molar-refractivity contribution is 0.397. The molecule has 0 aliphatic carbocycles. The van der Waals surface area contributed by atoms with Crippen LogP contribution in [0.2, 0.25) is 0 Å². The molecule has 0 aliphatic rings. The fourth-order valence-electron chi connectivity index (χ4n) is 1.52. The van der Waals surface area contributed by atoms with E-state index < -0.39 is 0 Å². The molecule has 1 aromatic heterocycles. The molecule has 0 saturated heterocycles. The Balaban J connectivity index is 2.04. The predicted octanol–water partition coefficient (Wildman–Crippen LogP) is 2.42. The van der Waals surface area contributed by atoms with Crippen molar-refractivity contribution in [2.45, 2.75) is 6.54 Å². The second-order valence-electron chi connectivity index (χ2n) is 3.79. The number of ether oxygens (including phenoxy) is 1. The van der Waals surface area contributed by atoms with Crippen molar-refractivity contribution >= 4 is 11.4 Å². The third-order valence-electron chi connectivity index (χ3n) is 2.51. The van der Waals surface area contributed by atoms with E-state index in [2.05, 4.69) is 10.3 Å². The Morgan fingerprint density at radius 3 is 2.83 bits per heavy atom. The fraction of sp³-hybridized carbons (Fsp3) is 0.154. The zero-order valence-electron chi connectivity index (χ0n) is 9.98. The monoisotopic (exact) mass is 247 g/mol. The minimum atomic E-state index is -0.320. The first-order valence-corrected chi connectivity index (χ1v) is 5.47. The number of halogens is 1. The summed E-state index contributed by atoms with van der Waals surface area (Å²) < 4.78 is 18.0. The molecule has 0 spiro atoms. The molecule has 2 rings (SSSR count). The number of rotatable bonds is 4. The summed E-state index contributed by atoms with van der Waals surface area (Å²) >= 11 is 0. The molecule has 2 aromatic rings. The Kier molecular flexibility index (Phi) is 3.62. The van der Waals surface area contributed by atoms with E-state index in [0.717, 1.165) is 5.56 Å². The summed E-state index contributed by atoms with van der Waals surface area (Å²) in [5.74, 6) is 0.239. The minimum Gasteiger partial charge on any atom is -0.481 e. The maximum absolute atomic E-state index is 13.0. The van der Waals surface area contributed by atoms with Crippen LogP contribution < -0.4 is 15.8 Å². The standard InChI is InChI=1S/C13H14FN3O/c1-18-13-5-2-9(8-17-13)7-16-12-6-10(14)3-4-11(12)15/h2-6,8,16H,7,15H2,1H3. The number of anilines is 2.